The van der Waals surface area contributed by atoms with Crippen LogP contribution < -0.4 is 0 Å². The molecule has 0 aliphatic rings. The normalized spacial score (nSPS) is 11.8. The molecule has 3 aromatic carbocycles. The fourth-order valence-corrected chi connectivity index (χ4v) is 3.38. The maximum absolute atomic E-state index is 11.7. The van der Waals surface area contributed by atoms with E-state index >= 15 is 0 Å². The van der Waals surface area contributed by atoms with Crippen molar-refractivity contribution in [1.82, 2.24) is 9.78 Å². The first-order chi connectivity index (χ1) is 14.2. The summed E-state index contributed by atoms with van der Waals surface area (Å²) in [5.74, 6) is -0.310. The summed E-state index contributed by atoms with van der Waals surface area (Å²) < 4.78 is 7.58. The highest BCUT2D eigenvalue weighted by Gasteiger charge is 2.19. The predicted molar refractivity (Wildman–Crippen MR) is 114 cm³/mol. The van der Waals surface area contributed by atoms with Gasteiger partial charge in [-0.3, -0.25) is 9.48 Å². The van der Waals surface area contributed by atoms with Crippen molar-refractivity contribution in [2.45, 2.75) is 19.6 Å². The molecule has 0 aliphatic heterocycles. The lowest BCUT2D eigenvalue weighted by Gasteiger charge is -2.19. The molecule has 4 nitrogen and oxygen atoms in total. The molecular weight excluding hydrogens is 360 g/mol. The van der Waals surface area contributed by atoms with Gasteiger partial charge in [-0.2, -0.15) is 5.10 Å². The highest BCUT2D eigenvalue weighted by Crippen LogP contribution is 2.29. The summed E-state index contributed by atoms with van der Waals surface area (Å²) in [6.07, 6.45) is -0.417. The van der Waals surface area contributed by atoms with Crippen LogP contribution in [0.15, 0.2) is 97.1 Å². The Hall–Kier alpha value is -3.66. The van der Waals surface area contributed by atoms with Gasteiger partial charge in [-0.25, -0.2) is 0 Å². The fourth-order valence-electron chi connectivity index (χ4n) is 3.38. The van der Waals surface area contributed by atoms with Gasteiger partial charge >= 0.3 is 5.97 Å². The summed E-state index contributed by atoms with van der Waals surface area (Å²) >= 11 is 0. The van der Waals surface area contributed by atoms with Crippen LogP contribution in [0.3, 0.4) is 0 Å². The van der Waals surface area contributed by atoms with E-state index in [1.54, 1.807) is 0 Å². The number of hydrogen-bond donors (Lipinski definition) is 0. The van der Waals surface area contributed by atoms with E-state index in [9.17, 15) is 4.79 Å². The van der Waals surface area contributed by atoms with Crippen LogP contribution in [0.1, 0.15) is 18.6 Å². The van der Waals surface area contributed by atoms with Crippen molar-refractivity contribution in [3.63, 3.8) is 0 Å². The third-order valence-corrected chi connectivity index (χ3v) is 4.74. The molecule has 0 bridgehead atoms. The van der Waals surface area contributed by atoms with Crippen molar-refractivity contribution in [3.05, 3.63) is 103 Å². The van der Waals surface area contributed by atoms with E-state index in [1.807, 2.05) is 83.5 Å². The smallest absolute Gasteiger partial charge is 0.303 e. The van der Waals surface area contributed by atoms with E-state index in [0.29, 0.717) is 6.54 Å². The van der Waals surface area contributed by atoms with Gasteiger partial charge in [0.15, 0.2) is 0 Å². The van der Waals surface area contributed by atoms with E-state index in [2.05, 4.69) is 18.2 Å². The molecule has 4 rings (SSSR count). The molecule has 0 saturated heterocycles. The Labute approximate surface area is 170 Å². The molecule has 0 N–H and O–H groups in total. The average molecular weight is 382 g/mol. The van der Waals surface area contributed by atoms with Crippen LogP contribution >= 0.6 is 0 Å². The predicted octanol–water partition coefficient (Wildman–Crippen LogP) is 5.52. The van der Waals surface area contributed by atoms with Crippen molar-refractivity contribution in [2.24, 2.45) is 0 Å². The number of carbonyl (C=O) groups is 1. The second kappa shape index (κ2) is 8.57. The first-order valence-electron chi connectivity index (χ1n) is 9.61. The summed E-state index contributed by atoms with van der Waals surface area (Å²) in [5.41, 5.74) is 4.93. The number of ether oxygens (including phenoxy) is 1. The van der Waals surface area contributed by atoms with Crippen LogP contribution in [0.4, 0.5) is 0 Å². The molecule has 4 heteroatoms. The monoisotopic (exact) mass is 382 g/mol. The van der Waals surface area contributed by atoms with E-state index in [1.165, 1.54) is 6.92 Å². The van der Waals surface area contributed by atoms with Crippen molar-refractivity contribution in [2.75, 3.05) is 0 Å². The molecule has 144 valence electrons. The van der Waals surface area contributed by atoms with Gasteiger partial charge in [-0.15, -0.1) is 0 Å². The van der Waals surface area contributed by atoms with Crippen LogP contribution in [0, 0.1) is 0 Å². The van der Waals surface area contributed by atoms with Gasteiger partial charge in [0.2, 0.25) is 0 Å². The van der Waals surface area contributed by atoms with E-state index < -0.39 is 6.10 Å². The number of benzene rings is 3. The first kappa shape index (κ1) is 18.7. The zero-order chi connectivity index (χ0) is 20.1. The summed E-state index contributed by atoms with van der Waals surface area (Å²) in [7, 11) is 0. The molecule has 0 spiro atoms. The summed E-state index contributed by atoms with van der Waals surface area (Å²) in [4.78, 5) is 11.7. The second-order valence-corrected chi connectivity index (χ2v) is 6.84. The van der Waals surface area contributed by atoms with Gasteiger partial charge in [0.1, 0.15) is 6.10 Å². The van der Waals surface area contributed by atoms with Gasteiger partial charge in [-0.1, -0.05) is 91.0 Å². The highest BCUT2D eigenvalue weighted by molar-refractivity contribution is 5.69. The topological polar surface area (TPSA) is 44.1 Å². The van der Waals surface area contributed by atoms with Gasteiger partial charge in [0, 0.05) is 12.5 Å². The molecule has 0 fully saturated rings. The molecule has 0 aliphatic carbocycles. The van der Waals surface area contributed by atoms with Gasteiger partial charge in [0.25, 0.3) is 0 Å². The van der Waals surface area contributed by atoms with Crippen LogP contribution in [-0.2, 0) is 16.1 Å². The Morgan fingerprint density at radius 1 is 0.862 bits per heavy atom. The minimum Gasteiger partial charge on any atom is -0.456 e. The molecule has 0 saturated carbocycles. The number of esters is 1. The molecule has 0 radical (unpaired) electrons. The quantitative estimate of drug-likeness (QED) is 0.412. The van der Waals surface area contributed by atoms with Crippen LogP contribution in [0.2, 0.25) is 0 Å². The van der Waals surface area contributed by atoms with Crippen molar-refractivity contribution in [3.8, 4) is 22.5 Å². The Kier molecular flexibility index (Phi) is 5.52. The van der Waals surface area contributed by atoms with E-state index in [-0.39, 0.29) is 5.97 Å². The molecule has 0 amide bonds. The standard InChI is InChI=1S/C25H22N2O2/c1-19(28)29-25(22-15-9-4-10-16-22)18-27-24(21-13-7-3-8-14-21)17-23(26-27)20-11-5-2-6-12-20/h2-17,25H,18H2,1H3. The largest absolute Gasteiger partial charge is 0.456 e. The summed E-state index contributed by atoms with van der Waals surface area (Å²) in [6, 6.07) is 32.1. The maximum atomic E-state index is 11.7. The third kappa shape index (κ3) is 4.43. The van der Waals surface area contributed by atoms with Gasteiger partial charge in [-0.05, 0) is 17.2 Å². The highest BCUT2D eigenvalue weighted by atomic mass is 16.5. The fraction of sp³-hybridized carbons (Fsp3) is 0.120. The third-order valence-electron chi connectivity index (χ3n) is 4.74. The summed E-state index contributed by atoms with van der Waals surface area (Å²) in [6.45, 7) is 1.87. The average Bonchev–Trinajstić information content (AvgIpc) is 3.19. The van der Waals surface area contributed by atoms with Crippen LogP contribution in [0.25, 0.3) is 22.5 Å². The molecular formula is C25H22N2O2. The van der Waals surface area contributed by atoms with Crippen LogP contribution in [-0.4, -0.2) is 15.7 Å². The molecule has 1 heterocycles. The molecule has 4 aromatic rings. The Morgan fingerprint density at radius 2 is 1.41 bits per heavy atom. The minimum absolute atomic E-state index is 0.310. The van der Waals surface area contributed by atoms with Crippen molar-refractivity contribution >= 4 is 5.97 Å². The Bertz CT molecular complexity index is 1070. The minimum atomic E-state index is -0.417. The number of carbonyl (C=O) groups excluding carboxylic acids is 1. The second-order valence-electron chi connectivity index (χ2n) is 6.84. The van der Waals surface area contributed by atoms with Gasteiger partial charge < -0.3 is 4.74 Å². The lowest BCUT2D eigenvalue weighted by atomic mass is 10.1. The Morgan fingerprint density at radius 3 is 2.00 bits per heavy atom. The van der Waals surface area contributed by atoms with Gasteiger partial charge in [0.05, 0.1) is 17.9 Å². The molecule has 1 aromatic heterocycles. The maximum Gasteiger partial charge on any atom is 0.303 e. The zero-order valence-corrected chi connectivity index (χ0v) is 16.2. The van der Waals surface area contributed by atoms with Crippen molar-refractivity contribution in [1.29, 1.82) is 0 Å². The molecule has 1 atom stereocenters. The van der Waals surface area contributed by atoms with Crippen molar-refractivity contribution < 1.29 is 9.53 Å². The SMILES string of the molecule is CC(=O)OC(Cn1nc(-c2ccccc2)cc1-c1ccccc1)c1ccccc1. The zero-order valence-electron chi connectivity index (χ0n) is 16.2. The molecule has 29 heavy (non-hydrogen) atoms. The lowest BCUT2D eigenvalue weighted by Crippen LogP contribution is -2.17. The Balaban J connectivity index is 1.76. The number of nitrogens with zero attached hydrogens (tertiary/aromatic N) is 2. The number of hydrogen-bond acceptors (Lipinski definition) is 3. The summed E-state index contributed by atoms with van der Waals surface area (Å²) in [5, 5.41) is 4.85. The number of aromatic nitrogens is 2. The molecule has 1 unspecified atom stereocenters. The lowest BCUT2D eigenvalue weighted by molar-refractivity contribution is -0.147. The van der Waals surface area contributed by atoms with E-state index in [4.69, 9.17) is 9.84 Å². The van der Waals surface area contributed by atoms with Crippen LogP contribution in [0.5, 0.6) is 0 Å². The van der Waals surface area contributed by atoms with E-state index in [0.717, 1.165) is 28.1 Å². The number of rotatable bonds is 6. The first-order valence-corrected chi connectivity index (χ1v) is 9.61.